The van der Waals surface area contributed by atoms with E-state index in [4.69, 9.17) is 16.3 Å². The summed E-state index contributed by atoms with van der Waals surface area (Å²) >= 11 is 8.10. The van der Waals surface area contributed by atoms with Crippen LogP contribution in [0, 0.1) is 6.92 Å². The van der Waals surface area contributed by atoms with Crippen molar-refractivity contribution in [1.29, 1.82) is 0 Å². The van der Waals surface area contributed by atoms with Crippen molar-refractivity contribution in [2.24, 2.45) is 0 Å². The van der Waals surface area contributed by atoms with Gasteiger partial charge >= 0.3 is 0 Å². The second kappa shape index (κ2) is 6.51. The van der Waals surface area contributed by atoms with Crippen LogP contribution in [-0.2, 0) is 6.42 Å². The number of nitrogens with zero attached hydrogens (tertiary/aromatic N) is 3. The van der Waals surface area contributed by atoms with Crippen molar-refractivity contribution in [3.63, 3.8) is 0 Å². The van der Waals surface area contributed by atoms with E-state index in [0.717, 1.165) is 34.1 Å². The summed E-state index contributed by atoms with van der Waals surface area (Å²) in [5.41, 5.74) is 4.46. The monoisotopic (exact) mass is 393 g/mol. The standard InChI is InChI=1S/C21H16ClN3OS/c1-13-6-7-15-18(10-13)26-9-8-14-11-19(27-20(14)15)21-23-12-24-25(21)17-5-3-2-4-16(17)22/h2-7,10-12H,8-9H2,1H3. The third-order valence-electron chi connectivity index (χ3n) is 4.67. The van der Waals surface area contributed by atoms with Gasteiger partial charge in [-0.3, -0.25) is 0 Å². The Hall–Kier alpha value is -2.63. The second-order valence-electron chi connectivity index (χ2n) is 6.51. The summed E-state index contributed by atoms with van der Waals surface area (Å²) in [6, 6.07) is 16.3. The van der Waals surface area contributed by atoms with Crippen LogP contribution >= 0.6 is 22.9 Å². The molecule has 0 aliphatic carbocycles. The molecule has 134 valence electrons. The Morgan fingerprint density at radius 2 is 2.04 bits per heavy atom. The fourth-order valence-corrected chi connectivity index (χ4v) is 4.81. The van der Waals surface area contributed by atoms with E-state index in [1.165, 1.54) is 16.0 Å². The summed E-state index contributed by atoms with van der Waals surface area (Å²) in [6.07, 6.45) is 2.45. The van der Waals surface area contributed by atoms with Crippen molar-refractivity contribution < 1.29 is 4.74 Å². The van der Waals surface area contributed by atoms with Crippen molar-refractivity contribution in [2.45, 2.75) is 13.3 Å². The van der Waals surface area contributed by atoms with Gasteiger partial charge in [-0.15, -0.1) is 11.3 Å². The molecular formula is C21H16ClN3OS. The first kappa shape index (κ1) is 16.5. The lowest BCUT2D eigenvalue weighted by molar-refractivity contribution is 0.326. The zero-order valence-corrected chi connectivity index (χ0v) is 16.2. The van der Waals surface area contributed by atoms with Crippen LogP contribution in [0.25, 0.3) is 26.8 Å². The van der Waals surface area contributed by atoms with Gasteiger partial charge in [-0.1, -0.05) is 29.8 Å². The van der Waals surface area contributed by atoms with Gasteiger partial charge in [0.2, 0.25) is 0 Å². The van der Waals surface area contributed by atoms with Gasteiger partial charge in [0.05, 0.1) is 22.2 Å². The highest BCUT2D eigenvalue weighted by molar-refractivity contribution is 7.19. The Kier molecular flexibility index (Phi) is 3.99. The number of aryl methyl sites for hydroxylation is 1. The maximum atomic E-state index is 6.38. The van der Waals surface area contributed by atoms with E-state index in [9.17, 15) is 0 Å². The zero-order chi connectivity index (χ0) is 18.4. The molecule has 1 aliphatic rings. The Morgan fingerprint density at radius 3 is 2.93 bits per heavy atom. The van der Waals surface area contributed by atoms with Crippen LogP contribution in [0.1, 0.15) is 11.1 Å². The molecule has 0 radical (unpaired) electrons. The third kappa shape index (κ3) is 2.83. The first-order valence-electron chi connectivity index (χ1n) is 8.72. The van der Waals surface area contributed by atoms with Gasteiger partial charge < -0.3 is 4.74 Å². The molecule has 0 saturated carbocycles. The van der Waals surface area contributed by atoms with Crippen molar-refractivity contribution in [1.82, 2.24) is 14.8 Å². The van der Waals surface area contributed by atoms with Crippen molar-refractivity contribution in [3.05, 3.63) is 71.0 Å². The maximum Gasteiger partial charge on any atom is 0.173 e. The predicted molar refractivity (Wildman–Crippen MR) is 109 cm³/mol. The van der Waals surface area contributed by atoms with Crippen LogP contribution in [0.5, 0.6) is 5.75 Å². The van der Waals surface area contributed by atoms with Crippen LogP contribution in [0.4, 0.5) is 0 Å². The number of aromatic nitrogens is 3. The fraction of sp³-hybridized carbons (Fsp3) is 0.143. The lowest BCUT2D eigenvalue weighted by Crippen LogP contribution is -2.00. The van der Waals surface area contributed by atoms with Crippen molar-refractivity contribution in [2.75, 3.05) is 6.61 Å². The summed E-state index contributed by atoms with van der Waals surface area (Å²) < 4.78 is 7.77. The molecule has 2 aromatic heterocycles. The Balaban J connectivity index is 1.65. The minimum atomic E-state index is 0.650. The molecule has 0 fully saturated rings. The van der Waals surface area contributed by atoms with E-state index in [1.807, 2.05) is 24.3 Å². The topological polar surface area (TPSA) is 39.9 Å². The van der Waals surface area contributed by atoms with Crippen LogP contribution in [0.3, 0.4) is 0 Å². The average molecular weight is 394 g/mol. The highest BCUT2D eigenvalue weighted by Gasteiger charge is 2.22. The van der Waals surface area contributed by atoms with E-state index in [0.29, 0.717) is 11.6 Å². The van der Waals surface area contributed by atoms with Gasteiger partial charge in [0.25, 0.3) is 0 Å². The van der Waals surface area contributed by atoms with E-state index in [2.05, 4.69) is 41.3 Å². The molecule has 0 bridgehead atoms. The first-order valence-corrected chi connectivity index (χ1v) is 9.92. The Labute approximate surface area is 166 Å². The molecule has 4 aromatic rings. The molecule has 27 heavy (non-hydrogen) atoms. The molecule has 0 saturated heterocycles. The van der Waals surface area contributed by atoms with Gasteiger partial charge in [-0.2, -0.15) is 5.10 Å². The summed E-state index contributed by atoms with van der Waals surface area (Å²) in [6.45, 7) is 2.76. The highest BCUT2D eigenvalue weighted by atomic mass is 35.5. The number of halogens is 1. The Morgan fingerprint density at radius 1 is 1.15 bits per heavy atom. The highest BCUT2D eigenvalue weighted by Crippen LogP contribution is 2.44. The lowest BCUT2D eigenvalue weighted by atomic mass is 10.1. The predicted octanol–water partition coefficient (Wildman–Crippen LogP) is 5.56. The van der Waals surface area contributed by atoms with Gasteiger partial charge in [0.1, 0.15) is 12.1 Å². The second-order valence-corrected chi connectivity index (χ2v) is 7.97. The molecule has 0 N–H and O–H groups in total. The van der Waals surface area contributed by atoms with Gasteiger partial charge in [0.15, 0.2) is 5.82 Å². The van der Waals surface area contributed by atoms with Gasteiger partial charge in [0, 0.05) is 16.9 Å². The quantitative estimate of drug-likeness (QED) is 0.447. The molecule has 1 aliphatic heterocycles. The summed E-state index contributed by atoms with van der Waals surface area (Å²) in [5, 5.41) is 5.06. The molecular weight excluding hydrogens is 378 g/mol. The number of ether oxygens (including phenoxy) is 1. The minimum Gasteiger partial charge on any atom is -0.493 e. The third-order valence-corrected chi connectivity index (χ3v) is 6.19. The number of benzene rings is 2. The number of thiophene rings is 1. The number of hydrogen-bond donors (Lipinski definition) is 0. The fourth-order valence-electron chi connectivity index (χ4n) is 3.37. The van der Waals surface area contributed by atoms with Crippen molar-refractivity contribution >= 4 is 22.9 Å². The van der Waals surface area contributed by atoms with Gasteiger partial charge in [-0.25, -0.2) is 9.67 Å². The molecule has 0 amide bonds. The number of para-hydroxylation sites is 1. The molecule has 0 spiro atoms. The van der Waals surface area contributed by atoms with Crippen molar-refractivity contribution in [3.8, 4) is 32.6 Å². The number of hydrogen-bond acceptors (Lipinski definition) is 4. The van der Waals surface area contributed by atoms with Crippen LogP contribution in [-0.4, -0.2) is 21.4 Å². The van der Waals surface area contributed by atoms with E-state index in [1.54, 1.807) is 22.3 Å². The number of fused-ring (bicyclic) bond motifs is 3. The largest absolute Gasteiger partial charge is 0.493 e. The zero-order valence-electron chi connectivity index (χ0n) is 14.6. The maximum absolute atomic E-state index is 6.38. The molecule has 4 nitrogen and oxygen atoms in total. The molecule has 0 atom stereocenters. The van der Waals surface area contributed by atoms with Crippen LogP contribution < -0.4 is 4.74 Å². The molecule has 2 aromatic carbocycles. The smallest absolute Gasteiger partial charge is 0.173 e. The molecule has 3 heterocycles. The SMILES string of the molecule is Cc1ccc2c(c1)OCCc1cc(-c3ncnn3-c3ccccc3Cl)sc1-2. The average Bonchev–Trinajstić information content (AvgIpc) is 3.26. The Bertz CT molecular complexity index is 1150. The van der Waals surface area contributed by atoms with E-state index >= 15 is 0 Å². The van der Waals surface area contributed by atoms with Gasteiger partial charge in [-0.05, 0) is 48.4 Å². The van der Waals surface area contributed by atoms with Crippen LogP contribution in [0.15, 0.2) is 54.9 Å². The molecule has 0 unspecified atom stereocenters. The minimum absolute atomic E-state index is 0.650. The van der Waals surface area contributed by atoms with E-state index < -0.39 is 0 Å². The van der Waals surface area contributed by atoms with E-state index in [-0.39, 0.29) is 0 Å². The summed E-state index contributed by atoms with van der Waals surface area (Å²) in [7, 11) is 0. The molecule has 5 rings (SSSR count). The number of rotatable bonds is 2. The summed E-state index contributed by atoms with van der Waals surface area (Å²) in [5.74, 6) is 1.76. The first-order chi connectivity index (χ1) is 13.2. The normalized spacial score (nSPS) is 12.8. The molecule has 6 heteroatoms. The summed E-state index contributed by atoms with van der Waals surface area (Å²) in [4.78, 5) is 6.83. The van der Waals surface area contributed by atoms with Crippen LogP contribution in [0.2, 0.25) is 5.02 Å². The lowest BCUT2D eigenvalue weighted by Gasteiger charge is -2.08.